The minimum atomic E-state index is 0.419. The molecule has 0 saturated carbocycles. The Kier molecular flexibility index (Phi) is 3.53. The molecular weight excluding hydrogens is 234 g/mol. The molecule has 1 fully saturated rings. The van der Waals surface area contributed by atoms with Crippen molar-refractivity contribution in [3.8, 4) is 5.75 Å². The van der Waals surface area contributed by atoms with Gasteiger partial charge in [0.1, 0.15) is 5.75 Å². The van der Waals surface area contributed by atoms with E-state index < -0.39 is 0 Å². The molecule has 2 aliphatic rings. The average molecular weight is 259 g/mol. The number of benzene rings is 1. The predicted molar refractivity (Wildman–Crippen MR) is 78.4 cm³/mol. The van der Waals surface area contributed by atoms with Crippen LogP contribution in [0.2, 0.25) is 0 Å². The third kappa shape index (κ3) is 2.38. The molecule has 1 aromatic carbocycles. The zero-order valence-electron chi connectivity index (χ0n) is 12.1. The third-order valence-electron chi connectivity index (χ3n) is 5.03. The van der Waals surface area contributed by atoms with Crippen LogP contribution in [0.15, 0.2) is 18.2 Å². The summed E-state index contributed by atoms with van der Waals surface area (Å²) < 4.78 is 0. The van der Waals surface area contributed by atoms with Crippen molar-refractivity contribution >= 4 is 0 Å². The number of aromatic hydroxyl groups is 1. The van der Waals surface area contributed by atoms with Crippen molar-refractivity contribution in [3.05, 3.63) is 29.3 Å². The number of likely N-dealkylation sites (tertiary alicyclic amines) is 1. The van der Waals surface area contributed by atoms with Gasteiger partial charge in [0.2, 0.25) is 0 Å². The van der Waals surface area contributed by atoms with Crippen LogP contribution in [0.5, 0.6) is 5.75 Å². The predicted octanol–water partition coefficient (Wildman–Crippen LogP) is 4.03. The zero-order valence-corrected chi connectivity index (χ0v) is 12.1. The Hall–Kier alpha value is -1.02. The Morgan fingerprint density at radius 2 is 1.79 bits per heavy atom. The molecule has 1 aliphatic heterocycles. The van der Waals surface area contributed by atoms with Crippen LogP contribution < -0.4 is 0 Å². The molecular formula is C17H25NO. The summed E-state index contributed by atoms with van der Waals surface area (Å²) in [6.07, 6.45) is 7.68. The fourth-order valence-corrected chi connectivity index (χ4v) is 4.13. The largest absolute Gasteiger partial charge is 0.508 e. The van der Waals surface area contributed by atoms with E-state index in [2.05, 4.69) is 24.8 Å². The number of phenolic OH excluding ortho intramolecular Hbond substituents is 1. The van der Waals surface area contributed by atoms with Crippen LogP contribution in [0.4, 0.5) is 0 Å². The molecule has 2 nitrogen and oxygen atoms in total. The van der Waals surface area contributed by atoms with E-state index in [-0.39, 0.29) is 0 Å². The van der Waals surface area contributed by atoms with E-state index in [0.29, 0.717) is 23.9 Å². The Morgan fingerprint density at radius 3 is 2.53 bits per heavy atom. The Balaban J connectivity index is 1.96. The molecule has 104 valence electrons. The van der Waals surface area contributed by atoms with Gasteiger partial charge in [-0.15, -0.1) is 0 Å². The van der Waals surface area contributed by atoms with Crippen molar-refractivity contribution in [2.45, 2.75) is 70.5 Å². The molecule has 0 aromatic heterocycles. The molecule has 1 unspecified atom stereocenters. The number of aryl methyl sites for hydroxylation is 1. The standard InChI is InChI=1S/C17H25NO/c1-12-5-3-6-13(2)18(12)17-8-4-7-14-9-10-15(19)11-16(14)17/h9-13,17,19H,3-8H2,1-2H3/t12-,13+,17?. The van der Waals surface area contributed by atoms with Gasteiger partial charge in [-0.2, -0.15) is 0 Å². The van der Waals surface area contributed by atoms with E-state index in [4.69, 9.17) is 0 Å². The smallest absolute Gasteiger partial charge is 0.115 e. The first-order valence-electron chi connectivity index (χ1n) is 7.76. The molecule has 0 spiro atoms. The van der Waals surface area contributed by atoms with Crippen molar-refractivity contribution in [2.75, 3.05) is 0 Å². The molecule has 1 saturated heterocycles. The maximum atomic E-state index is 9.82. The van der Waals surface area contributed by atoms with E-state index in [1.807, 2.05) is 12.1 Å². The maximum absolute atomic E-state index is 9.82. The van der Waals surface area contributed by atoms with Crippen molar-refractivity contribution in [1.29, 1.82) is 0 Å². The van der Waals surface area contributed by atoms with Crippen LogP contribution in [0.1, 0.15) is 63.1 Å². The molecule has 1 N–H and O–H groups in total. The van der Waals surface area contributed by atoms with Gasteiger partial charge in [0.05, 0.1) is 0 Å². The number of phenols is 1. The molecule has 0 amide bonds. The van der Waals surface area contributed by atoms with Crippen molar-refractivity contribution in [3.63, 3.8) is 0 Å². The van der Waals surface area contributed by atoms with Crippen LogP contribution in [-0.2, 0) is 6.42 Å². The highest BCUT2D eigenvalue weighted by atomic mass is 16.3. The van der Waals surface area contributed by atoms with Gasteiger partial charge in [-0.05, 0) is 69.2 Å². The number of fused-ring (bicyclic) bond motifs is 1. The zero-order chi connectivity index (χ0) is 13.4. The first-order chi connectivity index (χ1) is 9.16. The highest BCUT2D eigenvalue weighted by molar-refractivity contribution is 5.38. The Bertz CT molecular complexity index is 447. The fraction of sp³-hybridized carbons (Fsp3) is 0.647. The monoisotopic (exact) mass is 259 g/mol. The van der Waals surface area contributed by atoms with Gasteiger partial charge in [-0.1, -0.05) is 12.5 Å². The van der Waals surface area contributed by atoms with Gasteiger partial charge in [-0.25, -0.2) is 0 Å². The van der Waals surface area contributed by atoms with E-state index >= 15 is 0 Å². The minimum absolute atomic E-state index is 0.419. The SMILES string of the molecule is C[C@@H]1CCC[C@H](C)N1C1CCCc2ccc(O)cc21. The van der Waals surface area contributed by atoms with Crippen LogP contribution >= 0.6 is 0 Å². The molecule has 0 radical (unpaired) electrons. The summed E-state index contributed by atoms with van der Waals surface area (Å²) in [5.41, 5.74) is 2.82. The van der Waals surface area contributed by atoms with Crippen molar-refractivity contribution in [2.24, 2.45) is 0 Å². The number of rotatable bonds is 1. The summed E-state index contributed by atoms with van der Waals surface area (Å²) in [5, 5.41) is 9.82. The minimum Gasteiger partial charge on any atom is -0.508 e. The molecule has 1 aliphatic carbocycles. The summed E-state index contributed by atoms with van der Waals surface area (Å²) in [4.78, 5) is 2.71. The van der Waals surface area contributed by atoms with Gasteiger partial charge >= 0.3 is 0 Å². The molecule has 3 rings (SSSR count). The lowest BCUT2D eigenvalue weighted by Gasteiger charge is -2.46. The van der Waals surface area contributed by atoms with Gasteiger partial charge in [0.15, 0.2) is 0 Å². The second-order valence-corrected chi connectivity index (χ2v) is 6.37. The molecule has 1 heterocycles. The van der Waals surface area contributed by atoms with Gasteiger partial charge < -0.3 is 5.11 Å². The van der Waals surface area contributed by atoms with E-state index in [9.17, 15) is 5.11 Å². The lowest BCUT2D eigenvalue weighted by molar-refractivity contribution is 0.0459. The van der Waals surface area contributed by atoms with E-state index in [1.54, 1.807) is 0 Å². The fourth-order valence-electron chi connectivity index (χ4n) is 4.13. The number of hydrogen-bond acceptors (Lipinski definition) is 2. The number of piperidine rings is 1. The topological polar surface area (TPSA) is 23.5 Å². The first kappa shape index (κ1) is 13.0. The molecule has 3 atom stereocenters. The number of hydrogen-bond donors (Lipinski definition) is 1. The van der Waals surface area contributed by atoms with E-state index in [1.165, 1.54) is 49.7 Å². The summed E-state index contributed by atoms with van der Waals surface area (Å²) in [7, 11) is 0. The molecule has 1 aromatic rings. The Morgan fingerprint density at radius 1 is 1.05 bits per heavy atom. The maximum Gasteiger partial charge on any atom is 0.115 e. The highest BCUT2D eigenvalue weighted by Crippen LogP contribution is 2.40. The van der Waals surface area contributed by atoms with Crippen molar-refractivity contribution in [1.82, 2.24) is 4.90 Å². The highest BCUT2D eigenvalue weighted by Gasteiger charge is 2.34. The second-order valence-electron chi connectivity index (χ2n) is 6.37. The van der Waals surface area contributed by atoms with Crippen molar-refractivity contribution < 1.29 is 5.11 Å². The summed E-state index contributed by atoms with van der Waals surface area (Å²) in [6.45, 7) is 4.74. The normalized spacial score (nSPS) is 32.0. The molecule has 2 heteroatoms. The van der Waals surface area contributed by atoms with Crippen LogP contribution in [0, 0.1) is 0 Å². The van der Waals surface area contributed by atoms with Crippen LogP contribution in [-0.4, -0.2) is 22.1 Å². The van der Waals surface area contributed by atoms with Gasteiger partial charge in [0.25, 0.3) is 0 Å². The second kappa shape index (κ2) is 5.16. The lowest BCUT2D eigenvalue weighted by atomic mass is 9.83. The van der Waals surface area contributed by atoms with Gasteiger partial charge in [-0.3, -0.25) is 4.90 Å². The third-order valence-corrected chi connectivity index (χ3v) is 5.03. The number of nitrogens with zero attached hydrogens (tertiary/aromatic N) is 1. The summed E-state index contributed by atoms with van der Waals surface area (Å²) >= 11 is 0. The molecule has 0 bridgehead atoms. The van der Waals surface area contributed by atoms with Crippen LogP contribution in [0.3, 0.4) is 0 Å². The lowest BCUT2D eigenvalue weighted by Crippen LogP contribution is -2.46. The molecule has 19 heavy (non-hydrogen) atoms. The van der Waals surface area contributed by atoms with E-state index in [0.717, 1.165) is 0 Å². The van der Waals surface area contributed by atoms with Crippen LogP contribution in [0.25, 0.3) is 0 Å². The quantitative estimate of drug-likeness (QED) is 0.823. The Labute approximate surface area is 116 Å². The first-order valence-corrected chi connectivity index (χ1v) is 7.76. The summed E-state index contributed by atoms with van der Waals surface area (Å²) in [6, 6.07) is 7.82. The average Bonchev–Trinajstić information content (AvgIpc) is 2.39. The van der Waals surface area contributed by atoms with Gasteiger partial charge in [0, 0.05) is 18.1 Å². The summed E-state index contributed by atoms with van der Waals surface area (Å²) in [5.74, 6) is 0.419.